The van der Waals surface area contributed by atoms with Gasteiger partial charge in [-0.15, -0.1) is 0 Å². The largest absolute Gasteiger partial charge is 0.329 e. The van der Waals surface area contributed by atoms with E-state index < -0.39 is 5.69 Å². The molecule has 0 saturated carbocycles. The number of likely N-dealkylation sites (N-methyl/N-ethyl adjacent to an activating group) is 1. The third kappa shape index (κ3) is 2.61. The quantitative estimate of drug-likeness (QED) is 0.799. The van der Waals surface area contributed by atoms with Crippen LogP contribution in [-0.4, -0.2) is 34.1 Å². The third-order valence-corrected chi connectivity index (χ3v) is 3.43. The summed E-state index contributed by atoms with van der Waals surface area (Å²) in [5.41, 5.74) is -0.729. The molecule has 0 amide bonds. The van der Waals surface area contributed by atoms with Crippen molar-refractivity contribution in [1.29, 1.82) is 0 Å². The number of hydrogen-bond donors (Lipinski definition) is 1. The third-order valence-electron chi connectivity index (χ3n) is 3.23. The smallest absolute Gasteiger partial charge is 0.302 e. The SMILES string of the molecule is CCN1CCCC(n2c(=O)cc(Cl)[nH]c2=O)C1. The Morgan fingerprint density at radius 1 is 1.53 bits per heavy atom. The lowest BCUT2D eigenvalue weighted by atomic mass is 10.1. The van der Waals surface area contributed by atoms with E-state index in [-0.39, 0.29) is 16.8 Å². The Morgan fingerprint density at radius 2 is 2.29 bits per heavy atom. The Bertz CT molecular complexity index is 477. The summed E-state index contributed by atoms with van der Waals surface area (Å²) in [5, 5.41) is 0.0967. The summed E-state index contributed by atoms with van der Waals surface area (Å²) in [6.07, 6.45) is 1.87. The van der Waals surface area contributed by atoms with Gasteiger partial charge >= 0.3 is 5.69 Å². The van der Waals surface area contributed by atoms with Crippen LogP contribution in [-0.2, 0) is 0 Å². The highest BCUT2D eigenvalue weighted by molar-refractivity contribution is 6.29. The maximum absolute atomic E-state index is 11.8. The topological polar surface area (TPSA) is 58.1 Å². The van der Waals surface area contributed by atoms with Gasteiger partial charge in [-0.05, 0) is 25.9 Å². The first-order valence-corrected chi connectivity index (χ1v) is 6.23. The van der Waals surface area contributed by atoms with Crippen LogP contribution >= 0.6 is 11.6 Å². The van der Waals surface area contributed by atoms with Crippen LogP contribution in [0.4, 0.5) is 0 Å². The zero-order chi connectivity index (χ0) is 12.4. The molecule has 1 saturated heterocycles. The van der Waals surface area contributed by atoms with Crippen LogP contribution in [0, 0.1) is 0 Å². The summed E-state index contributed by atoms with van der Waals surface area (Å²) in [4.78, 5) is 28.3. The molecular formula is C11H16ClN3O2. The molecule has 17 heavy (non-hydrogen) atoms. The summed E-state index contributed by atoms with van der Waals surface area (Å²) in [6, 6.07) is 1.21. The second kappa shape index (κ2) is 5.06. The van der Waals surface area contributed by atoms with E-state index in [1.807, 2.05) is 0 Å². The predicted octanol–water partition coefficient (Wildman–Crippen LogP) is 0.847. The van der Waals surface area contributed by atoms with Crippen molar-refractivity contribution in [3.8, 4) is 0 Å². The molecule has 2 heterocycles. The summed E-state index contributed by atoms with van der Waals surface area (Å²) in [7, 11) is 0. The minimum Gasteiger partial charge on any atom is -0.302 e. The molecule has 0 bridgehead atoms. The highest BCUT2D eigenvalue weighted by atomic mass is 35.5. The number of rotatable bonds is 2. The predicted molar refractivity (Wildman–Crippen MR) is 66.7 cm³/mol. The number of aromatic amines is 1. The van der Waals surface area contributed by atoms with E-state index in [0.717, 1.165) is 32.5 Å². The Morgan fingerprint density at radius 3 is 2.94 bits per heavy atom. The maximum atomic E-state index is 11.8. The van der Waals surface area contributed by atoms with Gasteiger partial charge in [0.25, 0.3) is 5.56 Å². The van der Waals surface area contributed by atoms with Gasteiger partial charge in [-0.1, -0.05) is 18.5 Å². The average Bonchev–Trinajstić information content (AvgIpc) is 2.28. The minimum atomic E-state index is -0.412. The molecule has 1 aromatic heterocycles. The van der Waals surface area contributed by atoms with Crippen molar-refractivity contribution in [2.24, 2.45) is 0 Å². The van der Waals surface area contributed by atoms with Crippen molar-refractivity contribution >= 4 is 11.6 Å². The van der Waals surface area contributed by atoms with E-state index in [1.165, 1.54) is 10.6 Å². The van der Waals surface area contributed by atoms with Gasteiger partial charge in [0.2, 0.25) is 0 Å². The van der Waals surface area contributed by atoms with Gasteiger partial charge in [0.15, 0.2) is 0 Å². The molecule has 1 unspecified atom stereocenters. The van der Waals surface area contributed by atoms with E-state index in [9.17, 15) is 9.59 Å². The number of hydrogen-bond acceptors (Lipinski definition) is 3. The number of halogens is 1. The molecule has 0 aliphatic carbocycles. The van der Waals surface area contributed by atoms with E-state index in [2.05, 4.69) is 16.8 Å². The maximum Gasteiger partial charge on any atom is 0.329 e. The minimum absolute atomic E-state index is 0.0442. The van der Waals surface area contributed by atoms with Gasteiger partial charge in [-0.25, -0.2) is 4.79 Å². The lowest BCUT2D eigenvalue weighted by Gasteiger charge is -2.32. The molecule has 94 valence electrons. The summed E-state index contributed by atoms with van der Waals surface area (Å²) >= 11 is 5.64. The molecule has 0 spiro atoms. The van der Waals surface area contributed by atoms with E-state index >= 15 is 0 Å². The van der Waals surface area contributed by atoms with Crippen molar-refractivity contribution in [3.63, 3.8) is 0 Å². The number of piperidine rings is 1. The number of aromatic nitrogens is 2. The fourth-order valence-corrected chi connectivity index (χ4v) is 2.53. The second-order valence-corrected chi connectivity index (χ2v) is 4.73. The number of H-pyrrole nitrogens is 1. The fraction of sp³-hybridized carbons (Fsp3) is 0.636. The Balaban J connectivity index is 2.34. The van der Waals surface area contributed by atoms with E-state index in [0.29, 0.717) is 0 Å². The van der Waals surface area contributed by atoms with Crippen LogP contribution in [0.3, 0.4) is 0 Å². The molecule has 1 aliphatic heterocycles. The first kappa shape index (κ1) is 12.4. The molecular weight excluding hydrogens is 242 g/mol. The highest BCUT2D eigenvalue weighted by Crippen LogP contribution is 2.18. The molecule has 6 heteroatoms. The average molecular weight is 258 g/mol. The molecule has 1 fully saturated rings. The fourth-order valence-electron chi connectivity index (χ4n) is 2.35. The van der Waals surface area contributed by atoms with E-state index in [4.69, 9.17) is 11.6 Å². The monoisotopic (exact) mass is 257 g/mol. The van der Waals surface area contributed by atoms with Gasteiger partial charge in [0.1, 0.15) is 5.15 Å². The number of nitrogens with one attached hydrogen (secondary N) is 1. The van der Waals surface area contributed by atoms with Crippen molar-refractivity contribution in [2.45, 2.75) is 25.8 Å². The molecule has 1 aromatic rings. The zero-order valence-corrected chi connectivity index (χ0v) is 10.5. The van der Waals surface area contributed by atoms with Crippen molar-refractivity contribution in [3.05, 3.63) is 32.1 Å². The second-order valence-electron chi connectivity index (χ2n) is 4.32. The van der Waals surface area contributed by atoms with Crippen LogP contribution in [0.5, 0.6) is 0 Å². The summed E-state index contributed by atoms with van der Waals surface area (Å²) < 4.78 is 1.29. The molecule has 1 N–H and O–H groups in total. The van der Waals surface area contributed by atoms with E-state index in [1.54, 1.807) is 0 Å². The highest BCUT2D eigenvalue weighted by Gasteiger charge is 2.22. The van der Waals surface area contributed by atoms with Gasteiger partial charge in [0.05, 0.1) is 6.04 Å². The van der Waals surface area contributed by atoms with Gasteiger partial charge in [-0.2, -0.15) is 0 Å². The first-order chi connectivity index (χ1) is 8.11. The number of likely N-dealkylation sites (tertiary alicyclic amines) is 1. The normalized spacial score (nSPS) is 21.6. The van der Waals surface area contributed by atoms with Crippen LogP contribution in [0.1, 0.15) is 25.8 Å². The van der Waals surface area contributed by atoms with Crippen LogP contribution < -0.4 is 11.2 Å². The van der Waals surface area contributed by atoms with Gasteiger partial charge < -0.3 is 4.90 Å². The Kier molecular flexibility index (Phi) is 3.69. The summed E-state index contributed by atoms with van der Waals surface area (Å²) in [6.45, 7) is 4.81. The lowest BCUT2D eigenvalue weighted by Crippen LogP contribution is -2.45. The molecule has 0 aromatic carbocycles. The first-order valence-electron chi connectivity index (χ1n) is 5.85. The summed E-state index contributed by atoms with van der Waals surface area (Å²) in [5.74, 6) is 0. The van der Waals surface area contributed by atoms with Crippen molar-refractivity contribution in [1.82, 2.24) is 14.5 Å². The van der Waals surface area contributed by atoms with Gasteiger partial charge in [0, 0.05) is 12.6 Å². The van der Waals surface area contributed by atoms with Crippen LogP contribution in [0.2, 0.25) is 5.15 Å². The Labute approximate surface area is 104 Å². The molecule has 0 radical (unpaired) electrons. The van der Waals surface area contributed by atoms with Crippen molar-refractivity contribution < 1.29 is 0 Å². The van der Waals surface area contributed by atoms with Crippen LogP contribution in [0.25, 0.3) is 0 Å². The standard InChI is InChI=1S/C11H16ClN3O2/c1-2-14-5-3-4-8(7-14)15-10(16)6-9(12)13-11(15)17/h6,8H,2-5,7H2,1H3,(H,13,17). The zero-order valence-electron chi connectivity index (χ0n) is 9.78. The molecule has 2 rings (SSSR count). The van der Waals surface area contributed by atoms with Crippen LogP contribution in [0.15, 0.2) is 15.7 Å². The van der Waals surface area contributed by atoms with Crippen molar-refractivity contribution in [2.75, 3.05) is 19.6 Å². The Hall–Kier alpha value is -1.07. The van der Waals surface area contributed by atoms with Gasteiger partial charge in [-0.3, -0.25) is 14.3 Å². The lowest BCUT2D eigenvalue weighted by molar-refractivity contribution is 0.180. The molecule has 1 atom stereocenters. The molecule has 5 nitrogen and oxygen atoms in total. The number of nitrogens with zero attached hydrogens (tertiary/aromatic N) is 2. The molecule has 1 aliphatic rings.